The van der Waals surface area contributed by atoms with Gasteiger partial charge in [0.05, 0.1) is 13.5 Å². The van der Waals surface area contributed by atoms with E-state index in [1.165, 1.54) is 20.0 Å². The number of methoxy groups -OCH3 is 1. The molecule has 1 fully saturated rings. The molecule has 0 heterocycles. The number of benzene rings is 1. The predicted molar refractivity (Wildman–Crippen MR) is 80.6 cm³/mol. The second-order valence-electron chi connectivity index (χ2n) is 5.61. The summed E-state index contributed by atoms with van der Waals surface area (Å²) in [5.41, 5.74) is 7.97. The molecule has 110 valence electrons. The largest absolute Gasteiger partial charge is 0.469 e. The van der Waals surface area contributed by atoms with E-state index in [4.69, 9.17) is 5.73 Å². The molecule has 4 nitrogen and oxygen atoms in total. The average molecular weight is 276 g/mol. The maximum Gasteiger partial charge on any atom is 0.309 e. The van der Waals surface area contributed by atoms with Crippen molar-refractivity contribution in [3.05, 3.63) is 29.8 Å². The van der Waals surface area contributed by atoms with Crippen molar-refractivity contribution >= 4 is 11.7 Å². The van der Waals surface area contributed by atoms with Crippen molar-refractivity contribution in [3.8, 4) is 0 Å². The lowest BCUT2D eigenvalue weighted by Crippen LogP contribution is -2.29. The van der Waals surface area contributed by atoms with Gasteiger partial charge in [-0.1, -0.05) is 12.1 Å². The number of hydrogen-bond donors (Lipinski definition) is 2. The highest BCUT2D eigenvalue weighted by Gasteiger charge is 2.18. The van der Waals surface area contributed by atoms with Gasteiger partial charge in [-0.15, -0.1) is 0 Å². The summed E-state index contributed by atoms with van der Waals surface area (Å²) in [4.78, 5) is 11.3. The SMILES string of the molecule is COC(=O)Cc1cccc(NCC2CCC(N)CC2)c1. The molecule has 0 radical (unpaired) electrons. The number of anilines is 1. The highest BCUT2D eigenvalue weighted by atomic mass is 16.5. The van der Waals surface area contributed by atoms with Gasteiger partial charge in [0.15, 0.2) is 0 Å². The zero-order valence-corrected chi connectivity index (χ0v) is 12.1. The number of ether oxygens (including phenoxy) is 1. The summed E-state index contributed by atoms with van der Waals surface area (Å²) >= 11 is 0. The third kappa shape index (κ3) is 4.53. The van der Waals surface area contributed by atoms with E-state index in [0.29, 0.717) is 18.4 Å². The third-order valence-corrected chi connectivity index (χ3v) is 3.99. The van der Waals surface area contributed by atoms with Crippen molar-refractivity contribution in [1.82, 2.24) is 0 Å². The van der Waals surface area contributed by atoms with Crippen LogP contribution in [-0.2, 0) is 16.0 Å². The summed E-state index contributed by atoms with van der Waals surface area (Å²) in [5.74, 6) is 0.502. The standard InChI is InChI=1S/C16H24N2O2/c1-20-16(19)10-13-3-2-4-15(9-13)18-11-12-5-7-14(17)8-6-12/h2-4,9,12,14,18H,5-8,10-11,17H2,1H3. The number of carbonyl (C=O) groups is 1. The zero-order valence-electron chi connectivity index (χ0n) is 12.1. The van der Waals surface area contributed by atoms with Crippen LogP contribution in [-0.4, -0.2) is 25.7 Å². The molecule has 0 aromatic heterocycles. The van der Waals surface area contributed by atoms with Crippen LogP contribution in [0.5, 0.6) is 0 Å². The van der Waals surface area contributed by atoms with E-state index in [-0.39, 0.29) is 5.97 Å². The van der Waals surface area contributed by atoms with E-state index in [9.17, 15) is 4.79 Å². The summed E-state index contributed by atoms with van der Waals surface area (Å²) in [6.07, 6.45) is 5.00. The summed E-state index contributed by atoms with van der Waals surface area (Å²) in [5, 5.41) is 3.47. The average Bonchev–Trinajstić information content (AvgIpc) is 2.47. The molecular formula is C16H24N2O2. The molecule has 2 rings (SSSR count). The van der Waals surface area contributed by atoms with Crippen molar-refractivity contribution in [2.24, 2.45) is 11.7 Å². The minimum atomic E-state index is -0.205. The van der Waals surface area contributed by atoms with E-state index >= 15 is 0 Å². The van der Waals surface area contributed by atoms with Crippen LogP contribution >= 0.6 is 0 Å². The second kappa shape index (κ2) is 7.29. The molecule has 1 aromatic carbocycles. The van der Waals surface area contributed by atoms with Gasteiger partial charge < -0.3 is 15.8 Å². The van der Waals surface area contributed by atoms with Crippen molar-refractivity contribution in [2.75, 3.05) is 19.0 Å². The number of rotatable bonds is 5. The Hall–Kier alpha value is -1.55. The van der Waals surface area contributed by atoms with Crippen LogP contribution in [0.1, 0.15) is 31.2 Å². The molecule has 1 saturated carbocycles. The highest BCUT2D eigenvalue weighted by Crippen LogP contribution is 2.23. The van der Waals surface area contributed by atoms with Crippen LogP contribution in [0.2, 0.25) is 0 Å². The monoisotopic (exact) mass is 276 g/mol. The third-order valence-electron chi connectivity index (χ3n) is 3.99. The van der Waals surface area contributed by atoms with E-state index in [1.54, 1.807) is 0 Å². The molecule has 0 spiro atoms. The molecule has 0 amide bonds. The lowest BCUT2D eigenvalue weighted by molar-refractivity contribution is -0.139. The molecule has 0 bridgehead atoms. The molecule has 1 aliphatic carbocycles. The first-order valence-corrected chi connectivity index (χ1v) is 7.32. The maximum absolute atomic E-state index is 11.3. The molecular weight excluding hydrogens is 252 g/mol. The Morgan fingerprint density at radius 1 is 1.35 bits per heavy atom. The minimum absolute atomic E-state index is 0.205. The smallest absolute Gasteiger partial charge is 0.309 e. The van der Waals surface area contributed by atoms with Gasteiger partial charge in [-0.3, -0.25) is 4.79 Å². The molecule has 1 aliphatic rings. The Balaban J connectivity index is 1.83. The van der Waals surface area contributed by atoms with Gasteiger partial charge in [-0.05, 0) is 49.3 Å². The Kier molecular flexibility index (Phi) is 5.41. The lowest BCUT2D eigenvalue weighted by atomic mass is 9.86. The molecule has 0 saturated heterocycles. The zero-order chi connectivity index (χ0) is 14.4. The first-order chi connectivity index (χ1) is 9.67. The maximum atomic E-state index is 11.3. The summed E-state index contributed by atoms with van der Waals surface area (Å²) in [7, 11) is 1.41. The Labute approximate surface area is 120 Å². The molecule has 20 heavy (non-hydrogen) atoms. The van der Waals surface area contributed by atoms with Crippen LogP contribution in [0, 0.1) is 5.92 Å². The molecule has 3 N–H and O–H groups in total. The van der Waals surface area contributed by atoms with Crippen LogP contribution in [0.3, 0.4) is 0 Å². The van der Waals surface area contributed by atoms with E-state index in [0.717, 1.165) is 30.6 Å². The molecule has 1 aromatic rings. The van der Waals surface area contributed by atoms with E-state index in [1.807, 2.05) is 24.3 Å². The lowest BCUT2D eigenvalue weighted by Gasteiger charge is -2.26. The van der Waals surface area contributed by atoms with Crippen molar-refractivity contribution in [1.29, 1.82) is 0 Å². The normalized spacial score (nSPS) is 22.3. The first kappa shape index (κ1) is 14.9. The fraction of sp³-hybridized carbons (Fsp3) is 0.562. The number of nitrogens with one attached hydrogen (secondary N) is 1. The summed E-state index contributed by atoms with van der Waals surface area (Å²) in [6, 6.07) is 8.37. The quantitative estimate of drug-likeness (QED) is 0.810. The van der Waals surface area contributed by atoms with E-state index < -0.39 is 0 Å². The van der Waals surface area contributed by atoms with Crippen LogP contribution < -0.4 is 11.1 Å². The Morgan fingerprint density at radius 3 is 2.80 bits per heavy atom. The van der Waals surface area contributed by atoms with Crippen LogP contribution in [0.15, 0.2) is 24.3 Å². The Bertz CT molecular complexity index is 440. The summed E-state index contributed by atoms with van der Waals surface area (Å²) < 4.78 is 4.69. The molecule has 0 aliphatic heterocycles. The van der Waals surface area contributed by atoms with Gasteiger partial charge in [0, 0.05) is 18.3 Å². The number of hydrogen-bond acceptors (Lipinski definition) is 4. The molecule has 0 atom stereocenters. The molecule has 0 unspecified atom stereocenters. The van der Waals surface area contributed by atoms with Gasteiger partial charge >= 0.3 is 5.97 Å². The topological polar surface area (TPSA) is 64.3 Å². The van der Waals surface area contributed by atoms with Gasteiger partial charge in [-0.25, -0.2) is 0 Å². The predicted octanol–water partition coefficient (Wildman–Crippen LogP) is 2.33. The minimum Gasteiger partial charge on any atom is -0.469 e. The van der Waals surface area contributed by atoms with Crippen molar-refractivity contribution in [2.45, 2.75) is 38.1 Å². The number of carbonyl (C=O) groups excluding carboxylic acids is 1. The second-order valence-corrected chi connectivity index (χ2v) is 5.61. The van der Waals surface area contributed by atoms with Crippen LogP contribution in [0.4, 0.5) is 5.69 Å². The first-order valence-electron chi connectivity index (χ1n) is 7.32. The van der Waals surface area contributed by atoms with Crippen molar-refractivity contribution < 1.29 is 9.53 Å². The highest BCUT2D eigenvalue weighted by molar-refractivity contribution is 5.72. The van der Waals surface area contributed by atoms with E-state index in [2.05, 4.69) is 10.1 Å². The van der Waals surface area contributed by atoms with Gasteiger partial charge in [0.1, 0.15) is 0 Å². The fourth-order valence-electron chi connectivity index (χ4n) is 2.68. The fourth-order valence-corrected chi connectivity index (χ4v) is 2.68. The molecule has 4 heteroatoms. The van der Waals surface area contributed by atoms with Gasteiger partial charge in [0.25, 0.3) is 0 Å². The Morgan fingerprint density at radius 2 is 2.10 bits per heavy atom. The summed E-state index contributed by atoms with van der Waals surface area (Å²) in [6.45, 7) is 0.981. The van der Waals surface area contributed by atoms with Gasteiger partial charge in [0.2, 0.25) is 0 Å². The number of esters is 1. The van der Waals surface area contributed by atoms with Crippen molar-refractivity contribution in [3.63, 3.8) is 0 Å². The van der Waals surface area contributed by atoms with Crippen LogP contribution in [0.25, 0.3) is 0 Å². The van der Waals surface area contributed by atoms with Gasteiger partial charge in [-0.2, -0.15) is 0 Å². The number of nitrogens with two attached hydrogens (primary N) is 1.